The van der Waals surface area contributed by atoms with Gasteiger partial charge < -0.3 is 4.74 Å². The van der Waals surface area contributed by atoms with Gasteiger partial charge >= 0.3 is 0 Å². The molecule has 2 rings (SSSR count). The van der Waals surface area contributed by atoms with Gasteiger partial charge in [-0.3, -0.25) is 4.79 Å². The first kappa shape index (κ1) is 19.9. The SMILES string of the molecule is COc1c(Cl)cc(/C=N\NC(=O)Cc2cc(Cl)ccc2SC)cc1Cl. The second kappa shape index (κ2) is 9.34. The van der Waals surface area contributed by atoms with Crippen molar-refractivity contribution in [2.24, 2.45) is 5.10 Å². The summed E-state index contributed by atoms with van der Waals surface area (Å²) in [5, 5.41) is 5.25. The summed E-state index contributed by atoms with van der Waals surface area (Å²) in [5.74, 6) is 0.148. The fraction of sp³-hybridized carbons (Fsp3) is 0.176. The summed E-state index contributed by atoms with van der Waals surface area (Å²) in [4.78, 5) is 13.1. The van der Waals surface area contributed by atoms with Crippen molar-refractivity contribution < 1.29 is 9.53 Å². The summed E-state index contributed by atoms with van der Waals surface area (Å²) < 4.78 is 5.08. The number of amides is 1. The Bertz CT molecular complexity index is 789. The number of carbonyl (C=O) groups excluding carboxylic acids is 1. The van der Waals surface area contributed by atoms with Crippen LogP contribution in [0.4, 0.5) is 0 Å². The predicted molar refractivity (Wildman–Crippen MR) is 106 cm³/mol. The van der Waals surface area contributed by atoms with E-state index in [1.807, 2.05) is 12.3 Å². The van der Waals surface area contributed by atoms with Crippen molar-refractivity contribution in [1.82, 2.24) is 5.43 Å². The van der Waals surface area contributed by atoms with Crippen LogP contribution in [0, 0.1) is 0 Å². The molecule has 1 N–H and O–H groups in total. The summed E-state index contributed by atoms with van der Waals surface area (Å²) in [6.45, 7) is 0. The number of hydrogen-bond acceptors (Lipinski definition) is 4. The molecule has 4 nitrogen and oxygen atoms in total. The maximum Gasteiger partial charge on any atom is 0.244 e. The highest BCUT2D eigenvalue weighted by molar-refractivity contribution is 7.98. The molecular weight excluding hydrogens is 403 g/mol. The van der Waals surface area contributed by atoms with Crippen molar-refractivity contribution in [2.75, 3.05) is 13.4 Å². The number of halogens is 3. The van der Waals surface area contributed by atoms with Gasteiger partial charge in [0, 0.05) is 9.92 Å². The predicted octanol–water partition coefficient (Wildman–Crippen LogP) is 5.07. The second-order valence-electron chi connectivity index (χ2n) is 4.94. The van der Waals surface area contributed by atoms with Crippen LogP contribution in [0.1, 0.15) is 11.1 Å². The van der Waals surface area contributed by atoms with Crippen molar-refractivity contribution in [3.63, 3.8) is 0 Å². The molecular formula is C17H15Cl3N2O2S. The van der Waals surface area contributed by atoms with Crippen LogP contribution in [-0.4, -0.2) is 25.5 Å². The minimum absolute atomic E-state index is 0.179. The van der Waals surface area contributed by atoms with Crippen LogP contribution in [0.5, 0.6) is 5.75 Å². The molecule has 0 aliphatic carbocycles. The Morgan fingerprint density at radius 1 is 1.24 bits per heavy atom. The van der Waals surface area contributed by atoms with Gasteiger partial charge in [-0.05, 0) is 47.7 Å². The van der Waals surface area contributed by atoms with Crippen molar-refractivity contribution in [2.45, 2.75) is 11.3 Å². The quantitative estimate of drug-likeness (QED) is 0.405. The first-order valence-electron chi connectivity index (χ1n) is 7.12. The molecule has 0 aliphatic rings. The molecule has 0 bridgehead atoms. The Morgan fingerprint density at radius 3 is 2.52 bits per heavy atom. The monoisotopic (exact) mass is 416 g/mol. The fourth-order valence-electron chi connectivity index (χ4n) is 2.13. The van der Waals surface area contributed by atoms with Gasteiger partial charge in [0.15, 0.2) is 5.75 Å². The lowest BCUT2D eigenvalue weighted by Crippen LogP contribution is -2.20. The van der Waals surface area contributed by atoms with E-state index >= 15 is 0 Å². The third kappa shape index (κ3) is 5.54. The van der Waals surface area contributed by atoms with E-state index in [1.54, 1.807) is 36.0 Å². The van der Waals surface area contributed by atoms with E-state index in [-0.39, 0.29) is 12.3 Å². The van der Waals surface area contributed by atoms with Crippen LogP contribution >= 0.6 is 46.6 Å². The molecule has 0 saturated carbocycles. The first-order chi connectivity index (χ1) is 11.9. The Morgan fingerprint density at radius 2 is 1.92 bits per heavy atom. The second-order valence-corrected chi connectivity index (χ2v) is 7.04. The number of hydrogen-bond donors (Lipinski definition) is 1. The number of benzene rings is 2. The summed E-state index contributed by atoms with van der Waals surface area (Å²) >= 11 is 19.7. The summed E-state index contributed by atoms with van der Waals surface area (Å²) in [5.41, 5.74) is 3.97. The highest BCUT2D eigenvalue weighted by atomic mass is 35.5. The van der Waals surface area contributed by atoms with Gasteiger partial charge in [-0.1, -0.05) is 34.8 Å². The Balaban J connectivity index is 2.03. The maximum atomic E-state index is 12.1. The minimum Gasteiger partial charge on any atom is -0.494 e. The molecule has 1 amide bonds. The van der Waals surface area contributed by atoms with Crippen LogP contribution in [0.25, 0.3) is 0 Å². The standard InChI is InChI=1S/C17H15Cl3N2O2S/c1-24-17-13(19)5-10(6-14(17)20)9-21-22-16(23)8-11-7-12(18)3-4-15(11)25-2/h3-7,9H,8H2,1-2H3,(H,22,23)/b21-9-. The van der Waals surface area contributed by atoms with Gasteiger partial charge in [0.2, 0.25) is 5.91 Å². The molecule has 8 heteroatoms. The first-order valence-corrected chi connectivity index (χ1v) is 9.47. The average Bonchev–Trinajstić information content (AvgIpc) is 2.55. The number of nitrogens with zero attached hydrogens (tertiary/aromatic N) is 1. The Labute approximate surface area is 165 Å². The molecule has 2 aromatic carbocycles. The number of hydrazone groups is 1. The Kier molecular flexibility index (Phi) is 7.44. The molecule has 0 saturated heterocycles. The molecule has 0 heterocycles. The third-order valence-electron chi connectivity index (χ3n) is 3.22. The van der Waals surface area contributed by atoms with E-state index in [9.17, 15) is 4.79 Å². The number of thioether (sulfide) groups is 1. The van der Waals surface area contributed by atoms with E-state index in [2.05, 4.69) is 10.5 Å². The topological polar surface area (TPSA) is 50.7 Å². The van der Waals surface area contributed by atoms with Gasteiger partial charge in [-0.15, -0.1) is 11.8 Å². The fourth-order valence-corrected chi connectivity index (χ4v) is 3.58. The summed E-state index contributed by atoms with van der Waals surface area (Å²) in [6.07, 6.45) is 3.58. The van der Waals surface area contributed by atoms with E-state index in [0.717, 1.165) is 10.5 Å². The molecule has 0 aliphatic heterocycles. The molecule has 2 aromatic rings. The van der Waals surface area contributed by atoms with Crippen molar-refractivity contribution in [1.29, 1.82) is 0 Å². The summed E-state index contributed by atoms with van der Waals surface area (Å²) in [7, 11) is 1.49. The smallest absolute Gasteiger partial charge is 0.244 e. The van der Waals surface area contributed by atoms with E-state index < -0.39 is 0 Å². The van der Waals surface area contributed by atoms with Gasteiger partial charge in [0.05, 0.1) is 29.8 Å². The van der Waals surface area contributed by atoms with Crippen LogP contribution in [0.3, 0.4) is 0 Å². The minimum atomic E-state index is -0.250. The third-order valence-corrected chi connectivity index (χ3v) is 4.86. The lowest BCUT2D eigenvalue weighted by Gasteiger charge is -2.07. The van der Waals surface area contributed by atoms with Gasteiger partial charge in [0.25, 0.3) is 0 Å². The number of methoxy groups -OCH3 is 1. The molecule has 0 aromatic heterocycles. The molecule has 0 unspecified atom stereocenters. The molecule has 0 fully saturated rings. The normalized spacial score (nSPS) is 10.9. The van der Waals surface area contributed by atoms with E-state index in [4.69, 9.17) is 39.5 Å². The molecule has 0 atom stereocenters. The van der Waals surface area contributed by atoms with Crippen LogP contribution in [0.2, 0.25) is 15.1 Å². The van der Waals surface area contributed by atoms with Gasteiger partial charge in [-0.2, -0.15) is 5.10 Å². The van der Waals surface area contributed by atoms with Crippen LogP contribution in [0.15, 0.2) is 40.3 Å². The largest absolute Gasteiger partial charge is 0.494 e. The van der Waals surface area contributed by atoms with E-state index in [0.29, 0.717) is 26.4 Å². The lowest BCUT2D eigenvalue weighted by atomic mass is 10.1. The number of carbonyl (C=O) groups is 1. The molecule has 132 valence electrons. The van der Waals surface area contributed by atoms with Crippen LogP contribution < -0.4 is 10.2 Å². The highest BCUT2D eigenvalue weighted by Crippen LogP contribution is 2.33. The zero-order valence-electron chi connectivity index (χ0n) is 13.5. The van der Waals surface area contributed by atoms with Crippen molar-refractivity contribution in [3.8, 4) is 5.75 Å². The molecule has 0 radical (unpaired) electrons. The van der Waals surface area contributed by atoms with Crippen molar-refractivity contribution >= 4 is 58.7 Å². The molecule has 25 heavy (non-hydrogen) atoms. The number of nitrogens with one attached hydrogen (secondary N) is 1. The van der Waals surface area contributed by atoms with E-state index in [1.165, 1.54) is 13.3 Å². The Hall–Kier alpha value is -1.40. The number of rotatable bonds is 6. The highest BCUT2D eigenvalue weighted by Gasteiger charge is 2.09. The summed E-state index contributed by atoms with van der Waals surface area (Å²) in [6, 6.07) is 8.75. The zero-order valence-corrected chi connectivity index (χ0v) is 16.6. The van der Waals surface area contributed by atoms with Gasteiger partial charge in [0.1, 0.15) is 0 Å². The lowest BCUT2D eigenvalue weighted by molar-refractivity contribution is -0.120. The van der Waals surface area contributed by atoms with Gasteiger partial charge in [-0.25, -0.2) is 5.43 Å². The molecule has 0 spiro atoms. The number of ether oxygens (including phenoxy) is 1. The van der Waals surface area contributed by atoms with Crippen LogP contribution in [-0.2, 0) is 11.2 Å². The maximum absolute atomic E-state index is 12.1. The van der Waals surface area contributed by atoms with Crippen molar-refractivity contribution in [3.05, 3.63) is 56.5 Å². The zero-order chi connectivity index (χ0) is 18.4. The average molecular weight is 418 g/mol.